The van der Waals surface area contributed by atoms with Crippen molar-refractivity contribution >= 4 is 28.8 Å². The Labute approximate surface area is 162 Å². The first-order valence-corrected chi connectivity index (χ1v) is 9.76. The Morgan fingerprint density at radius 2 is 2.00 bits per heavy atom. The Kier molecular flexibility index (Phi) is 5.37. The van der Waals surface area contributed by atoms with Gasteiger partial charge in [0.05, 0.1) is 24.3 Å². The van der Waals surface area contributed by atoms with Crippen LogP contribution < -0.4 is 4.74 Å². The Balaban J connectivity index is 2.26. The standard InChI is InChI=1S/C21H23NO4S/c1-5-9-22-17(20-13(3)8-10-27-20)16(19(24)21(22)25)18(23)14-11-12(2)6-7-15(14)26-4/h6-8,10-11,17,23H,5,9H2,1-4H3/b18-16+. The molecule has 1 unspecified atom stereocenters. The fourth-order valence-corrected chi connectivity index (χ4v) is 4.49. The first kappa shape index (κ1) is 19.2. The summed E-state index contributed by atoms with van der Waals surface area (Å²) in [6.07, 6.45) is 0.724. The number of hydrogen-bond donors (Lipinski definition) is 1. The zero-order valence-electron chi connectivity index (χ0n) is 15.9. The molecule has 1 N–H and O–H groups in total. The molecule has 1 fully saturated rings. The predicted molar refractivity (Wildman–Crippen MR) is 106 cm³/mol. The van der Waals surface area contributed by atoms with Crippen LogP contribution in [0.15, 0.2) is 35.2 Å². The number of ketones is 1. The number of nitrogens with zero attached hydrogens (tertiary/aromatic N) is 1. The molecule has 0 radical (unpaired) electrons. The summed E-state index contributed by atoms with van der Waals surface area (Å²) in [5.41, 5.74) is 2.47. The van der Waals surface area contributed by atoms with Crippen molar-refractivity contribution < 1.29 is 19.4 Å². The maximum atomic E-state index is 12.9. The molecule has 6 heteroatoms. The highest BCUT2D eigenvalue weighted by molar-refractivity contribution is 7.10. The van der Waals surface area contributed by atoms with E-state index in [1.165, 1.54) is 18.4 Å². The molecule has 0 spiro atoms. The van der Waals surface area contributed by atoms with E-state index in [9.17, 15) is 14.7 Å². The van der Waals surface area contributed by atoms with Crippen LogP contribution in [0.25, 0.3) is 5.76 Å². The second-order valence-corrected chi connectivity index (χ2v) is 7.61. The van der Waals surface area contributed by atoms with Crippen LogP contribution in [0, 0.1) is 13.8 Å². The van der Waals surface area contributed by atoms with Gasteiger partial charge in [0.25, 0.3) is 11.7 Å². The second kappa shape index (κ2) is 7.56. The highest BCUT2D eigenvalue weighted by atomic mass is 32.1. The molecule has 0 bridgehead atoms. The summed E-state index contributed by atoms with van der Waals surface area (Å²) in [6, 6.07) is 6.76. The van der Waals surface area contributed by atoms with Crippen LogP contribution in [0.2, 0.25) is 0 Å². The molecule has 2 heterocycles. The molecular weight excluding hydrogens is 362 g/mol. The molecule has 1 aliphatic rings. The third-order valence-corrected chi connectivity index (χ3v) is 5.84. The van der Waals surface area contributed by atoms with E-state index in [-0.39, 0.29) is 11.3 Å². The predicted octanol–water partition coefficient (Wildman–Crippen LogP) is 4.21. The van der Waals surface area contributed by atoms with Gasteiger partial charge in [0.2, 0.25) is 0 Å². The van der Waals surface area contributed by atoms with Gasteiger partial charge in [-0.3, -0.25) is 9.59 Å². The summed E-state index contributed by atoms with van der Waals surface area (Å²) in [4.78, 5) is 28.0. The molecule has 5 nitrogen and oxygen atoms in total. The molecule has 1 aromatic heterocycles. The van der Waals surface area contributed by atoms with E-state index in [2.05, 4.69) is 0 Å². The van der Waals surface area contributed by atoms with Gasteiger partial charge in [-0.25, -0.2) is 0 Å². The Morgan fingerprint density at radius 1 is 1.26 bits per heavy atom. The van der Waals surface area contributed by atoms with E-state index in [4.69, 9.17) is 4.74 Å². The summed E-state index contributed by atoms with van der Waals surface area (Å²) < 4.78 is 5.37. The van der Waals surface area contributed by atoms with Crippen molar-refractivity contribution in [2.45, 2.75) is 33.2 Å². The van der Waals surface area contributed by atoms with E-state index in [0.29, 0.717) is 17.9 Å². The van der Waals surface area contributed by atoms with Crippen LogP contribution >= 0.6 is 11.3 Å². The van der Waals surface area contributed by atoms with Gasteiger partial charge >= 0.3 is 0 Å². The molecule has 1 aromatic carbocycles. The number of carbonyl (C=O) groups is 2. The number of aryl methyl sites for hydroxylation is 2. The fraction of sp³-hybridized carbons (Fsp3) is 0.333. The zero-order chi connectivity index (χ0) is 19.7. The van der Waals surface area contributed by atoms with Gasteiger partial charge in [-0.1, -0.05) is 18.6 Å². The fourth-order valence-electron chi connectivity index (χ4n) is 3.44. The van der Waals surface area contributed by atoms with Crippen LogP contribution in [0.3, 0.4) is 0 Å². The minimum atomic E-state index is -0.651. The van der Waals surface area contributed by atoms with Gasteiger partial charge in [-0.15, -0.1) is 11.3 Å². The molecule has 1 aliphatic heterocycles. The molecule has 1 amide bonds. The van der Waals surface area contributed by atoms with Crippen molar-refractivity contribution in [3.63, 3.8) is 0 Å². The molecule has 27 heavy (non-hydrogen) atoms. The van der Waals surface area contributed by atoms with Gasteiger partial charge in [0.1, 0.15) is 11.5 Å². The Bertz CT molecular complexity index is 928. The quantitative estimate of drug-likeness (QED) is 0.476. The lowest BCUT2D eigenvalue weighted by atomic mass is 9.97. The van der Waals surface area contributed by atoms with Gasteiger partial charge in [-0.05, 0) is 49.4 Å². The van der Waals surface area contributed by atoms with Crippen LogP contribution in [-0.2, 0) is 9.59 Å². The summed E-state index contributed by atoms with van der Waals surface area (Å²) >= 11 is 1.49. The van der Waals surface area contributed by atoms with Gasteiger partial charge in [0, 0.05) is 11.4 Å². The number of methoxy groups -OCH3 is 1. The molecule has 1 saturated heterocycles. The summed E-state index contributed by atoms with van der Waals surface area (Å²) in [6.45, 7) is 6.26. The number of Topliss-reactive ketones (excluding diaryl/α,β-unsaturated/α-hetero) is 1. The molecule has 0 saturated carbocycles. The lowest BCUT2D eigenvalue weighted by Crippen LogP contribution is -2.30. The largest absolute Gasteiger partial charge is 0.507 e. The molecule has 0 aliphatic carbocycles. The Hall–Kier alpha value is -2.60. The highest BCUT2D eigenvalue weighted by Crippen LogP contribution is 2.43. The van der Waals surface area contributed by atoms with E-state index in [1.807, 2.05) is 38.3 Å². The van der Waals surface area contributed by atoms with E-state index in [1.54, 1.807) is 17.0 Å². The van der Waals surface area contributed by atoms with Crippen molar-refractivity contribution in [1.29, 1.82) is 0 Å². The lowest BCUT2D eigenvalue weighted by Gasteiger charge is -2.24. The van der Waals surface area contributed by atoms with E-state index >= 15 is 0 Å². The Morgan fingerprint density at radius 3 is 2.59 bits per heavy atom. The third-order valence-electron chi connectivity index (χ3n) is 4.76. The highest BCUT2D eigenvalue weighted by Gasteiger charge is 2.46. The normalized spacial score (nSPS) is 19.0. The van der Waals surface area contributed by atoms with Crippen molar-refractivity contribution in [3.05, 3.63) is 56.8 Å². The number of aliphatic hydroxyl groups is 1. The summed E-state index contributed by atoms with van der Waals surface area (Å²) in [5, 5.41) is 13.0. The molecule has 1 atom stereocenters. The smallest absolute Gasteiger partial charge is 0.295 e. The van der Waals surface area contributed by atoms with E-state index in [0.717, 1.165) is 22.4 Å². The van der Waals surface area contributed by atoms with Gasteiger partial charge < -0.3 is 14.7 Å². The van der Waals surface area contributed by atoms with Gasteiger partial charge in [0.15, 0.2) is 0 Å². The number of rotatable bonds is 5. The monoisotopic (exact) mass is 385 g/mol. The van der Waals surface area contributed by atoms with Crippen molar-refractivity contribution in [2.24, 2.45) is 0 Å². The number of thiophene rings is 1. The van der Waals surface area contributed by atoms with E-state index < -0.39 is 17.7 Å². The molecule has 3 rings (SSSR count). The average molecular weight is 385 g/mol. The maximum absolute atomic E-state index is 12.9. The van der Waals surface area contributed by atoms with Crippen molar-refractivity contribution in [2.75, 3.05) is 13.7 Å². The molecule has 142 valence electrons. The number of benzene rings is 1. The number of aliphatic hydroxyl groups excluding tert-OH is 1. The molecule has 2 aromatic rings. The topological polar surface area (TPSA) is 66.8 Å². The molecular formula is C21H23NO4S. The van der Waals surface area contributed by atoms with Crippen LogP contribution in [0.5, 0.6) is 5.75 Å². The van der Waals surface area contributed by atoms with Crippen molar-refractivity contribution in [1.82, 2.24) is 4.90 Å². The van der Waals surface area contributed by atoms with Gasteiger partial charge in [-0.2, -0.15) is 0 Å². The summed E-state index contributed by atoms with van der Waals surface area (Å²) in [7, 11) is 1.51. The SMILES string of the molecule is CCCN1C(=O)C(=O)/C(=C(/O)c2cc(C)ccc2OC)C1c1sccc1C. The maximum Gasteiger partial charge on any atom is 0.295 e. The number of hydrogen-bond acceptors (Lipinski definition) is 5. The summed E-state index contributed by atoms with van der Waals surface area (Å²) in [5.74, 6) is -0.947. The van der Waals surface area contributed by atoms with Crippen LogP contribution in [0.1, 0.15) is 41.0 Å². The minimum absolute atomic E-state index is 0.128. The first-order chi connectivity index (χ1) is 12.9. The minimum Gasteiger partial charge on any atom is -0.507 e. The van der Waals surface area contributed by atoms with Crippen LogP contribution in [0.4, 0.5) is 0 Å². The third kappa shape index (κ3) is 3.25. The number of carbonyl (C=O) groups excluding carboxylic acids is 2. The number of likely N-dealkylation sites (tertiary alicyclic amines) is 1. The lowest BCUT2D eigenvalue weighted by molar-refractivity contribution is -0.139. The number of amides is 1. The van der Waals surface area contributed by atoms with Crippen LogP contribution in [-0.4, -0.2) is 35.4 Å². The second-order valence-electron chi connectivity index (χ2n) is 6.66. The van der Waals surface area contributed by atoms with Crippen molar-refractivity contribution in [3.8, 4) is 5.75 Å². The average Bonchev–Trinajstić information content (AvgIpc) is 3.17. The number of ether oxygens (including phenoxy) is 1. The first-order valence-electron chi connectivity index (χ1n) is 8.88. The zero-order valence-corrected chi connectivity index (χ0v) is 16.7.